The number of carbonyl (C=O) groups excluding carboxylic acids is 2. The van der Waals surface area contributed by atoms with E-state index in [1.165, 1.54) is 12.0 Å². The van der Waals surface area contributed by atoms with Crippen LogP contribution in [0.4, 0.5) is 0 Å². The minimum Gasteiger partial charge on any atom is -0.468 e. The van der Waals surface area contributed by atoms with Crippen LogP contribution in [0.3, 0.4) is 0 Å². The fourth-order valence-corrected chi connectivity index (χ4v) is 1.36. The number of methoxy groups -OCH3 is 1. The number of rotatable bonds is 6. The Bertz CT molecular complexity index is 196. The van der Waals surface area contributed by atoms with Gasteiger partial charge in [-0.1, -0.05) is 22.9 Å². The molecule has 1 amide bonds. The van der Waals surface area contributed by atoms with Gasteiger partial charge in [-0.15, -0.1) is 0 Å². The van der Waals surface area contributed by atoms with Crippen molar-refractivity contribution < 1.29 is 14.3 Å². The Morgan fingerprint density at radius 1 is 1.43 bits per heavy atom. The molecule has 4 nitrogen and oxygen atoms in total. The van der Waals surface area contributed by atoms with Crippen molar-refractivity contribution in [2.24, 2.45) is 0 Å². The molecule has 0 bridgehead atoms. The molecule has 0 atom stereocenters. The Balaban J connectivity index is 4.13. The number of alkyl halides is 1. The summed E-state index contributed by atoms with van der Waals surface area (Å²) in [5.41, 5.74) is 0. The maximum Gasteiger partial charge on any atom is 0.325 e. The summed E-state index contributed by atoms with van der Waals surface area (Å²) in [4.78, 5) is 24.0. The second-order valence-electron chi connectivity index (χ2n) is 2.83. The molecular weight excluding hydrogens is 250 g/mol. The van der Waals surface area contributed by atoms with Gasteiger partial charge in [-0.3, -0.25) is 9.59 Å². The van der Waals surface area contributed by atoms with Gasteiger partial charge in [0, 0.05) is 18.3 Å². The van der Waals surface area contributed by atoms with E-state index in [0.29, 0.717) is 18.3 Å². The predicted molar refractivity (Wildman–Crippen MR) is 57.3 cm³/mol. The molecule has 0 N–H and O–H groups in total. The highest BCUT2D eigenvalue weighted by Crippen LogP contribution is 1.99. The topological polar surface area (TPSA) is 46.6 Å². The van der Waals surface area contributed by atoms with Crippen LogP contribution in [0, 0.1) is 0 Å². The van der Waals surface area contributed by atoms with E-state index in [2.05, 4.69) is 20.7 Å². The third-order valence-corrected chi connectivity index (χ3v) is 2.10. The maximum atomic E-state index is 11.5. The van der Waals surface area contributed by atoms with E-state index in [-0.39, 0.29) is 18.4 Å². The van der Waals surface area contributed by atoms with Crippen LogP contribution in [0.2, 0.25) is 0 Å². The molecule has 0 radical (unpaired) electrons. The number of hydrogen-bond acceptors (Lipinski definition) is 3. The van der Waals surface area contributed by atoms with E-state index in [0.717, 1.165) is 6.42 Å². The fraction of sp³-hybridized carbons (Fsp3) is 0.778. The van der Waals surface area contributed by atoms with E-state index in [4.69, 9.17) is 0 Å². The number of carbonyl (C=O) groups is 2. The summed E-state index contributed by atoms with van der Waals surface area (Å²) >= 11 is 3.19. The molecule has 0 aliphatic heterocycles. The highest BCUT2D eigenvalue weighted by molar-refractivity contribution is 9.09. The molecular formula is C9H16BrNO3. The highest BCUT2D eigenvalue weighted by atomic mass is 79.9. The van der Waals surface area contributed by atoms with Crippen LogP contribution in [0.5, 0.6) is 0 Å². The number of nitrogens with zero attached hydrogens (tertiary/aromatic N) is 1. The van der Waals surface area contributed by atoms with Gasteiger partial charge < -0.3 is 9.64 Å². The first-order valence-electron chi connectivity index (χ1n) is 4.56. The molecule has 0 aliphatic rings. The zero-order valence-electron chi connectivity index (χ0n) is 8.59. The van der Waals surface area contributed by atoms with Crippen molar-refractivity contribution >= 4 is 27.8 Å². The van der Waals surface area contributed by atoms with E-state index in [9.17, 15) is 9.59 Å². The number of ether oxygens (including phenoxy) is 1. The zero-order valence-corrected chi connectivity index (χ0v) is 10.2. The summed E-state index contributed by atoms with van der Waals surface area (Å²) in [6.07, 6.45) is 1.25. The third kappa shape index (κ3) is 5.21. The van der Waals surface area contributed by atoms with Crippen molar-refractivity contribution in [2.75, 3.05) is 25.5 Å². The second kappa shape index (κ2) is 7.79. The van der Waals surface area contributed by atoms with Crippen LogP contribution in [-0.2, 0) is 14.3 Å². The van der Waals surface area contributed by atoms with Gasteiger partial charge in [-0.25, -0.2) is 0 Å². The SMILES string of the molecule is CCCN(CC(=O)OC)C(=O)CCBr. The van der Waals surface area contributed by atoms with Gasteiger partial charge in [-0.2, -0.15) is 0 Å². The Labute approximate surface area is 92.7 Å². The van der Waals surface area contributed by atoms with Crippen molar-refractivity contribution in [1.82, 2.24) is 4.90 Å². The smallest absolute Gasteiger partial charge is 0.325 e. The number of halogens is 1. The largest absolute Gasteiger partial charge is 0.468 e. The average Bonchev–Trinajstić information content (AvgIpc) is 2.17. The van der Waals surface area contributed by atoms with E-state index in [1.54, 1.807) is 0 Å². The Morgan fingerprint density at radius 3 is 2.50 bits per heavy atom. The molecule has 0 aromatic heterocycles. The van der Waals surface area contributed by atoms with Crippen molar-refractivity contribution in [3.8, 4) is 0 Å². The lowest BCUT2D eigenvalue weighted by Crippen LogP contribution is -2.36. The van der Waals surface area contributed by atoms with Crippen LogP contribution >= 0.6 is 15.9 Å². The van der Waals surface area contributed by atoms with Crippen LogP contribution in [0.25, 0.3) is 0 Å². The molecule has 0 unspecified atom stereocenters. The molecule has 5 heteroatoms. The number of amides is 1. The molecule has 0 aromatic rings. The molecule has 0 saturated heterocycles. The van der Waals surface area contributed by atoms with Gasteiger partial charge in [0.05, 0.1) is 7.11 Å². The lowest BCUT2D eigenvalue weighted by molar-refractivity contribution is -0.146. The van der Waals surface area contributed by atoms with Crippen molar-refractivity contribution in [1.29, 1.82) is 0 Å². The number of esters is 1. The van der Waals surface area contributed by atoms with Gasteiger partial charge in [-0.05, 0) is 6.42 Å². The van der Waals surface area contributed by atoms with Crippen molar-refractivity contribution in [3.63, 3.8) is 0 Å². The summed E-state index contributed by atoms with van der Waals surface area (Å²) in [7, 11) is 1.32. The maximum absolute atomic E-state index is 11.5. The predicted octanol–water partition coefficient (Wildman–Crippen LogP) is 1.18. The molecule has 14 heavy (non-hydrogen) atoms. The highest BCUT2D eigenvalue weighted by Gasteiger charge is 2.15. The van der Waals surface area contributed by atoms with E-state index < -0.39 is 0 Å². The van der Waals surface area contributed by atoms with E-state index in [1.807, 2.05) is 6.92 Å². The molecule has 0 aliphatic carbocycles. The van der Waals surface area contributed by atoms with Gasteiger partial charge in [0.15, 0.2) is 0 Å². The van der Waals surface area contributed by atoms with Crippen LogP contribution in [-0.4, -0.2) is 42.3 Å². The Morgan fingerprint density at radius 2 is 2.07 bits per heavy atom. The van der Waals surface area contributed by atoms with Gasteiger partial charge >= 0.3 is 5.97 Å². The summed E-state index contributed by atoms with van der Waals surface area (Å²) in [6.45, 7) is 2.61. The summed E-state index contributed by atoms with van der Waals surface area (Å²) in [5.74, 6) is -0.393. The Kier molecular flexibility index (Phi) is 7.47. The van der Waals surface area contributed by atoms with E-state index >= 15 is 0 Å². The molecule has 82 valence electrons. The third-order valence-electron chi connectivity index (χ3n) is 1.70. The first kappa shape index (κ1) is 13.4. The average molecular weight is 266 g/mol. The standard InChI is InChI=1S/C9H16BrNO3/c1-3-6-11(7-9(13)14-2)8(12)4-5-10/h3-7H2,1-2H3. The molecule has 0 fully saturated rings. The lowest BCUT2D eigenvalue weighted by Gasteiger charge is -2.20. The van der Waals surface area contributed by atoms with Crippen molar-refractivity contribution in [2.45, 2.75) is 19.8 Å². The quantitative estimate of drug-likeness (QED) is 0.535. The van der Waals surface area contributed by atoms with Crippen molar-refractivity contribution in [3.05, 3.63) is 0 Å². The first-order valence-corrected chi connectivity index (χ1v) is 5.68. The minimum absolute atomic E-state index is 0.0193. The van der Waals surface area contributed by atoms with Gasteiger partial charge in [0.1, 0.15) is 6.54 Å². The molecule has 0 rings (SSSR count). The second-order valence-corrected chi connectivity index (χ2v) is 3.62. The Hall–Kier alpha value is -0.580. The lowest BCUT2D eigenvalue weighted by atomic mass is 10.3. The molecule has 0 saturated carbocycles. The fourth-order valence-electron chi connectivity index (χ4n) is 1.02. The van der Waals surface area contributed by atoms with Gasteiger partial charge in [0.25, 0.3) is 0 Å². The minimum atomic E-state index is -0.374. The van der Waals surface area contributed by atoms with Crippen LogP contribution < -0.4 is 0 Å². The molecule has 0 aromatic carbocycles. The normalized spacial score (nSPS) is 9.64. The summed E-state index contributed by atoms with van der Waals surface area (Å²) in [6, 6.07) is 0. The first-order chi connectivity index (χ1) is 6.65. The van der Waals surface area contributed by atoms with Crippen LogP contribution in [0.1, 0.15) is 19.8 Å². The zero-order chi connectivity index (χ0) is 11.0. The van der Waals surface area contributed by atoms with Gasteiger partial charge in [0.2, 0.25) is 5.91 Å². The van der Waals surface area contributed by atoms with Crippen LogP contribution in [0.15, 0.2) is 0 Å². The molecule has 0 heterocycles. The summed E-state index contributed by atoms with van der Waals surface area (Å²) < 4.78 is 4.51. The summed E-state index contributed by atoms with van der Waals surface area (Å²) in [5, 5.41) is 0.618. The monoisotopic (exact) mass is 265 g/mol. The number of hydrogen-bond donors (Lipinski definition) is 0. The molecule has 0 spiro atoms.